The molecule has 0 bridgehead atoms. The van der Waals surface area contributed by atoms with Crippen molar-refractivity contribution in [2.75, 3.05) is 11.9 Å². The third kappa shape index (κ3) is 2.40. The average Bonchev–Trinajstić information content (AvgIpc) is 2.79. The fourth-order valence-electron chi connectivity index (χ4n) is 2.20. The van der Waals surface area contributed by atoms with Gasteiger partial charge in [0.1, 0.15) is 6.42 Å². The SMILES string of the molecule is O=C(O)Cc1nc2n(n1)CC(c1ccncc1)CN2. The first-order valence-corrected chi connectivity index (χ1v) is 6.01. The molecule has 0 saturated carbocycles. The highest BCUT2D eigenvalue weighted by Gasteiger charge is 2.22. The Hall–Kier alpha value is -2.44. The second-order valence-corrected chi connectivity index (χ2v) is 4.46. The Morgan fingerprint density at radius 1 is 1.47 bits per heavy atom. The molecule has 1 unspecified atom stereocenters. The molecule has 0 aromatic carbocycles. The molecule has 1 aliphatic rings. The summed E-state index contributed by atoms with van der Waals surface area (Å²) in [5.41, 5.74) is 1.18. The Labute approximate surface area is 109 Å². The molecular formula is C12H13N5O2. The lowest BCUT2D eigenvalue weighted by atomic mass is 9.99. The van der Waals surface area contributed by atoms with Crippen molar-refractivity contribution in [2.24, 2.45) is 0 Å². The number of hydrogen-bond acceptors (Lipinski definition) is 5. The Kier molecular flexibility index (Phi) is 2.86. The van der Waals surface area contributed by atoms with Gasteiger partial charge >= 0.3 is 5.97 Å². The van der Waals surface area contributed by atoms with Gasteiger partial charge in [0.05, 0.1) is 6.54 Å². The van der Waals surface area contributed by atoms with E-state index in [0.29, 0.717) is 18.3 Å². The van der Waals surface area contributed by atoms with Gasteiger partial charge in [-0.15, -0.1) is 0 Å². The highest BCUT2D eigenvalue weighted by Crippen LogP contribution is 2.23. The molecule has 1 atom stereocenters. The van der Waals surface area contributed by atoms with Crippen molar-refractivity contribution in [3.63, 3.8) is 0 Å². The lowest BCUT2D eigenvalue weighted by Gasteiger charge is -2.23. The zero-order chi connectivity index (χ0) is 13.2. The lowest BCUT2D eigenvalue weighted by molar-refractivity contribution is -0.136. The van der Waals surface area contributed by atoms with Crippen molar-refractivity contribution in [1.82, 2.24) is 19.7 Å². The van der Waals surface area contributed by atoms with E-state index < -0.39 is 5.97 Å². The quantitative estimate of drug-likeness (QED) is 0.834. The van der Waals surface area contributed by atoms with Crippen LogP contribution in [0.25, 0.3) is 0 Å². The second-order valence-electron chi connectivity index (χ2n) is 4.46. The van der Waals surface area contributed by atoms with Crippen molar-refractivity contribution < 1.29 is 9.90 Å². The Morgan fingerprint density at radius 3 is 3.00 bits per heavy atom. The van der Waals surface area contributed by atoms with Crippen LogP contribution < -0.4 is 5.32 Å². The molecule has 0 spiro atoms. The number of aliphatic carboxylic acids is 1. The molecule has 2 N–H and O–H groups in total. The molecule has 3 heterocycles. The summed E-state index contributed by atoms with van der Waals surface area (Å²) >= 11 is 0. The van der Waals surface area contributed by atoms with Crippen LogP contribution in [-0.4, -0.2) is 37.4 Å². The number of nitrogens with zero attached hydrogens (tertiary/aromatic N) is 4. The maximum absolute atomic E-state index is 10.7. The number of carbonyl (C=O) groups is 1. The van der Waals surface area contributed by atoms with E-state index in [2.05, 4.69) is 20.4 Å². The standard InChI is InChI=1S/C12H13N5O2/c18-11(19)5-10-15-12-14-6-9(7-17(12)16-10)8-1-3-13-4-2-8/h1-4,9H,5-7H2,(H,18,19)(H,14,15,16). The number of nitrogens with one attached hydrogen (secondary N) is 1. The fraction of sp³-hybridized carbons (Fsp3) is 0.333. The molecule has 3 rings (SSSR count). The normalized spacial score (nSPS) is 17.6. The minimum Gasteiger partial charge on any atom is -0.481 e. The molecule has 19 heavy (non-hydrogen) atoms. The van der Waals surface area contributed by atoms with Gasteiger partial charge < -0.3 is 10.4 Å². The molecule has 98 valence electrons. The molecule has 0 amide bonds. The molecule has 0 saturated heterocycles. The van der Waals surface area contributed by atoms with Crippen molar-refractivity contribution in [1.29, 1.82) is 0 Å². The second kappa shape index (κ2) is 4.68. The topological polar surface area (TPSA) is 92.9 Å². The summed E-state index contributed by atoms with van der Waals surface area (Å²) in [7, 11) is 0. The van der Waals surface area contributed by atoms with Crippen molar-refractivity contribution in [2.45, 2.75) is 18.9 Å². The third-order valence-corrected chi connectivity index (χ3v) is 3.10. The highest BCUT2D eigenvalue weighted by molar-refractivity contribution is 5.69. The molecule has 2 aromatic rings. The summed E-state index contributed by atoms with van der Waals surface area (Å²) in [6, 6.07) is 3.96. The van der Waals surface area contributed by atoms with Crippen LogP contribution in [0, 0.1) is 0 Å². The van der Waals surface area contributed by atoms with Crippen LogP contribution in [0.5, 0.6) is 0 Å². The van der Waals surface area contributed by atoms with Crippen molar-refractivity contribution >= 4 is 11.9 Å². The molecule has 2 aromatic heterocycles. The van der Waals surface area contributed by atoms with Crippen LogP contribution in [0.2, 0.25) is 0 Å². The van der Waals surface area contributed by atoms with Gasteiger partial charge in [-0.25, -0.2) is 4.68 Å². The molecule has 0 radical (unpaired) electrons. The lowest BCUT2D eigenvalue weighted by Crippen LogP contribution is -2.26. The van der Waals surface area contributed by atoms with Crippen LogP contribution >= 0.6 is 0 Å². The number of carboxylic acid groups (broad SMARTS) is 1. The number of carboxylic acids is 1. The molecule has 0 aliphatic carbocycles. The van der Waals surface area contributed by atoms with E-state index >= 15 is 0 Å². The van der Waals surface area contributed by atoms with Gasteiger partial charge in [0.15, 0.2) is 5.82 Å². The van der Waals surface area contributed by atoms with Gasteiger partial charge in [-0.3, -0.25) is 9.78 Å². The first kappa shape index (κ1) is 11.6. The van der Waals surface area contributed by atoms with E-state index in [-0.39, 0.29) is 12.3 Å². The maximum Gasteiger partial charge on any atom is 0.311 e. The minimum atomic E-state index is -0.923. The summed E-state index contributed by atoms with van der Waals surface area (Å²) in [4.78, 5) is 18.8. The fourth-order valence-corrected chi connectivity index (χ4v) is 2.20. The monoisotopic (exact) mass is 259 g/mol. The Balaban J connectivity index is 1.80. The number of anilines is 1. The van der Waals surface area contributed by atoms with Gasteiger partial charge in [-0.2, -0.15) is 10.1 Å². The van der Waals surface area contributed by atoms with Gasteiger partial charge in [0, 0.05) is 24.9 Å². The molecule has 7 heteroatoms. The van der Waals surface area contributed by atoms with E-state index in [1.54, 1.807) is 17.1 Å². The highest BCUT2D eigenvalue weighted by atomic mass is 16.4. The van der Waals surface area contributed by atoms with E-state index in [4.69, 9.17) is 5.11 Å². The van der Waals surface area contributed by atoms with Gasteiger partial charge in [-0.05, 0) is 17.7 Å². The summed E-state index contributed by atoms with van der Waals surface area (Å²) < 4.78 is 1.73. The smallest absolute Gasteiger partial charge is 0.311 e. The van der Waals surface area contributed by atoms with E-state index in [0.717, 1.165) is 6.54 Å². The number of fused-ring (bicyclic) bond motifs is 1. The van der Waals surface area contributed by atoms with E-state index in [9.17, 15) is 4.79 Å². The average molecular weight is 259 g/mol. The first-order chi connectivity index (χ1) is 9.22. The van der Waals surface area contributed by atoms with E-state index in [1.165, 1.54) is 5.56 Å². The zero-order valence-electron chi connectivity index (χ0n) is 10.2. The van der Waals surface area contributed by atoms with Crippen LogP contribution in [0.3, 0.4) is 0 Å². The van der Waals surface area contributed by atoms with Crippen LogP contribution in [-0.2, 0) is 17.8 Å². The zero-order valence-corrected chi connectivity index (χ0v) is 10.2. The first-order valence-electron chi connectivity index (χ1n) is 6.01. The van der Waals surface area contributed by atoms with Crippen LogP contribution in [0.1, 0.15) is 17.3 Å². The van der Waals surface area contributed by atoms with Crippen LogP contribution in [0.4, 0.5) is 5.95 Å². The summed E-state index contributed by atoms with van der Waals surface area (Å²) in [5.74, 6) is 0.343. The third-order valence-electron chi connectivity index (χ3n) is 3.10. The van der Waals surface area contributed by atoms with Gasteiger partial charge in [-0.1, -0.05) is 0 Å². The number of aromatic nitrogens is 4. The summed E-state index contributed by atoms with van der Waals surface area (Å²) in [6.07, 6.45) is 3.38. The molecular weight excluding hydrogens is 246 g/mol. The van der Waals surface area contributed by atoms with Crippen molar-refractivity contribution in [3.05, 3.63) is 35.9 Å². The molecule has 7 nitrogen and oxygen atoms in total. The van der Waals surface area contributed by atoms with Crippen LogP contribution in [0.15, 0.2) is 24.5 Å². The number of pyridine rings is 1. The summed E-state index contributed by atoms with van der Waals surface area (Å²) in [5, 5.41) is 16.1. The Morgan fingerprint density at radius 2 is 2.26 bits per heavy atom. The van der Waals surface area contributed by atoms with Crippen molar-refractivity contribution in [3.8, 4) is 0 Å². The van der Waals surface area contributed by atoms with Gasteiger partial charge in [0.2, 0.25) is 5.95 Å². The number of hydrogen-bond donors (Lipinski definition) is 2. The van der Waals surface area contributed by atoms with E-state index in [1.807, 2.05) is 12.1 Å². The number of rotatable bonds is 3. The minimum absolute atomic E-state index is 0.151. The summed E-state index contributed by atoms with van der Waals surface area (Å²) in [6.45, 7) is 1.45. The molecule has 0 fully saturated rings. The maximum atomic E-state index is 10.7. The largest absolute Gasteiger partial charge is 0.481 e. The molecule has 1 aliphatic heterocycles. The van der Waals surface area contributed by atoms with Gasteiger partial charge in [0.25, 0.3) is 0 Å². The Bertz CT molecular complexity index is 595. The predicted molar refractivity (Wildman–Crippen MR) is 66.8 cm³/mol. The predicted octanol–water partition coefficient (Wildman–Crippen LogP) is 0.509.